The molecule has 0 heterocycles. The van der Waals surface area contributed by atoms with E-state index < -0.39 is 6.10 Å². The molecule has 0 aliphatic carbocycles. The summed E-state index contributed by atoms with van der Waals surface area (Å²) in [4.78, 5) is 24.7. The zero-order valence-corrected chi connectivity index (χ0v) is 53.2. The first-order valence-corrected chi connectivity index (χ1v) is 34.0. The fraction of sp³-hybridized carbons (Fsp3) is 0.636. The van der Waals surface area contributed by atoms with Gasteiger partial charge >= 0.3 is 11.9 Å². The van der Waals surface area contributed by atoms with E-state index in [1.165, 1.54) is 148 Å². The van der Waals surface area contributed by atoms with E-state index in [4.69, 9.17) is 9.47 Å². The fourth-order valence-corrected chi connectivity index (χ4v) is 9.31. The Balaban J connectivity index is 3.51. The molecule has 0 aromatic heterocycles. The summed E-state index contributed by atoms with van der Waals surface area (Å²) in [6.07, 6.45) is 108. The number of unbranched alkanes of at least 4 members (excludes halogenated alkanes) is 27. The van der Waals surface area contributed by atoms with Gasteiger partial charge in [-0.2, -0.15) is 0 Å². The quantitative estimate of drug-likeness (QED) is 0.0373. The van der Waals surface area contributed by atoms with Crippen molar-refractivity contribution in [1.82, 2.24) is 0 Å². The summed E-state index contributed by atoms with van der Waals surface area (Å²) in [6.45, 7) is 3.92. The lowest BCUT2D eigenvalue weighted by molar-refractivity contribution is -0.161. The van der Waals surface area contributed by atoms with Crippen molar-refractivity contribution in [2.24, 2.45) is 0 Å². The molecule has 0 aromatic carbocycles. The number of carbonyl (C=O) groups excluding carboxylic acids is 2. The van der Waals surface area contributed by atoms with E-state index in [9.17, 15) is 14.7 Å². The van der Waals surface area contributed by atoms with Gasteiger partial charge in [0.2, 0.25) is 0 Å². The van der Waals surface area contributed by atoms with E-state index in [0.717, 1.165) is 122 Å². The van der Waals surface area contributed by atoms with E-state index in [-0.39, 0.29) is 25.2 Å². The van der Waals surface area contributed by atoms with Gasteiger partial charge in [-0.15, -0.1) is 0 Å². The van der Waals surface area contributed by atoms with Gasteiger partial charge in [-0.25, -0.2) is 0 Å². The zero-order chi connectivity index (χ0) is 59.1. The Hall–Kier alpha value is -4.48. The van der Waals surface area contributed by atoms with Gasteiger partial charge in [-0.3, -0.25) is 9.59 Å². The standard InChI is InChI=1S/C77H126O5/c1-3-5-7-9-11-13-15-17-19-21-23-25-27-29-31-33-35-36-37-38-39-40-42-44-46-48-50-52-54-56-58-60-62-64-66-68-70-72-77(80)82-75(73-78)74-81-76(79)71-69-67-65-63-61-59-57-55-53-51-49-47-45-43-41-34-32-30-28-26-24-22-20-18-16-14-12-10-8-6-4-2/h5-8,11-14,17-20,23-26,29-32,35-36,38-39,41,43,75,78H,3-4,9-10,15-16,21-22,27-28,33-34,37,40,42,44-74H2,1-2H3/b7-5-,8-6-,13-11-,14-12-,19-17-,20-18-,25-23-,26-24-,31-29-,32-30-,36-35-,39-38-,43-41-. The Bertz CT molecular complexity index is 1760. The SMILES string of the molecule is CC/C=C\C/C=C\C/C=C\C/C=C\C/C=C\C/C=C\C/C=C\CCCCCCCCCCCCCCCCCC(=O)OC(CO)COC(=O)CCCCCCCCCCCCCC/C=C\C/C=C\C/C=C\C/C=C\C/C=C\C/C=C\CC. The van der Waals surface area contributed by atoms with E-state index in [0.29, 0.717) is 12.8 Å². The highest BCUT2D eigenvalue weighted by Crippen LogP contribution is 2.17. The summed E-state index contributed by atoms with van der Waals surface area (Å²) in [5.41, 5.74) is 0. The lowest BCUT2D eigenvalue weighted by Crippen LogP contribution is -2.28. The smallest absolute Gasteiger partial charge is 0.306 e. The molecule has 0 bridgehead atoms. The third-order valence-corrected chi connectivity index (χ3v) is 14.3. The Morgan fingerprint density at radius 3 is 0.732 bits per heavy atom. The maximum Gasteiger partial charge on any atom is 0.306 e. The Morgan fingerprint density at radius 2 is 0.488 bits per heavy atom. The lowest BCUT2D eigenvalue weighted by Gasteiger charge is -2.15. The number of aliphatic hydroxyl groups excluding tert-OH is 1. The average Bonchev–Trinajstić information content (AvgIpc) is 3.49. The topological polar surface area (TPSA) is 72.8 Å². The number of aliphatic hydroxyl groups is 1. The van der Waals surface area contributed by atoms with Crippen molar-refractivity contribution in [2.75, 3.05) is 13.2 Å². The maximum absolute atomic E-state index is 12.4. The van der Waals surface area contributed by atoms with Crippen LogP contribution in [0.15, 0.2) is 158 Å². The van der Waals surface area contributed by atoms with Gasteiger partial charge in [-0.1, -0.05) is 320 Å². The molecule has 0 aliphatic rings. The van der Waals surface area contributed by atoms with Crippen LogP contribution in [0.25, 0.3) is 0 Å². The van der Waals surface area contributed by atoms with E-state index >= 15 is 0 Å². The summed E-state index contributed by atoms with van der Waals surface area (Å²) >= 11 is 0. The van der Waals surface area contributed by atoms with Crippen molar-refractivity contribution in [3.05, 3.63) is 158 Å². The number of esters is 2. The van der Waals surface area contributed by atoms with Gasteiger partial charge in [-0.05, 0) is 122 Å². The van der Waals surface area contributed by atoms with Gasteiger partial charge in [0, 0.05) is 12.8 Å². The molecule has 0 fully saturated rings. The highest BCUT2D eigenvalue weighted by molar-refractivity contribution is 5.70. The Labute approximate surface area is 507 Å². The average molecular weight is 1130 g/mol. The van der Waals surface area contributed by atoms with Gasteiger partial charge in [0.15, 0.2) is 6.10 Å². The van der Waals surface area contributed by atoms with E-state index in [1.807, 2.05) is 0 Å². The third-order valence-electron chi connectivity index (χ3n) is 14.3. The van der Waals surface area contributed by atoms with E-state index in [1.54, 1.807) is 0 Å². The second-order valence-electron chi connectivity index (χ2n) is 22.1. The molecule has 0 radical (unpaired) electrons. The van der Waals surface area contributed by atoms with Crippen LogP contribution < -0.4 is 0 Å². The fourth-order valence-electron chi connectivity index (χ4n) is 9.31. The summed E-state index contributed by atoms with van der Waals surface area (Å²) in [5.74, 6) is -0.593. The van der Waals surface area contributed by atoms with Crippen molar-refractivity contribution >= 4 is 11.9 Å². The second-order valence-corrected chi connectivity index (χ2v) is 22.1. The van der Waals surface area contributed by atoms with Crippen molar-refractivity contribution in [3.8, 4) is 0 Å². The molecular formula is C77H126O5. The summed E-state index contributed by atoms with van der Waals surface area (Å²) in [5, 5.41) is 9.70. The largest absolute Gasteiger partial charge is 0.462 e. The molecule has 82 heavy (non-hydrogen) atoms. The maximum atomic E-state index is 12.4. The first-order valence-electron chi connectivity index (χ1n) is 34.0. The Morgan fingerprint density at radius 1 is 0.280 bits per heavy atom. The molecule has 1 atom stereocenters. The van der Waals surface area contributed by atoms with Crippen molar-refractivity contribution in [3.63, 3.8) is 0 Å². The molecule has 0 rings (SSSR count). The number of allylic oxidation sites excluding steroid dienone is 26. The van der Waals surface area contributed by atoms with E-state index in [2.05, 4.69) is 172 Å². The highest BCUT2D eigenvalue weighted by atomic mass is 16.6. The van der Waals surface area contributed by atoms with Crippen LogP contribution in [0.5, 0.6) is 0 Å². The van der Waals surface area contributed by atoms with Crippen LogP contribution in [0.3, 0.4) is 0 Å². The molecule has 0 aromatic rings. The predicted octanol–water partition coefficient (Wildman–Crippen LogP) is 23.9. The Kier molecular flexibility index (Phi) is 66.9. The summed E-state index contributed by atoms with van der Waals surface area (Å²) in [7, 11) is 0. The van der Waals surface area contributed by atoms with Gasteiger partial charge in [0.05, 0.1) is 6.61 Å². The molecule has 0 amide bonds. The number of rotatable bonds is 61. The minimum atomic E-state index is -0.784. The van der Waals surface area contributed by atoms with Crippen molar-refractivity contribution in [1.29, 1.82) is 0 Å². The van der Waals surface area contributed by atoms with Gasteiger partial charge in [0.1, 0.15) is 6.61 Å². The van der Waals surface area contributed by atoms with Crippen molar-refractivity contribution in [2.45, 2.75) is 302 Å². The first-order chi connectivity index (χ1) is 40.6. The van der Waals surface area contributed by atoms with Crippen molar-refractivity contribution < 1.29 is 24.2 Å². The van der Waals surface area contributed by atoms with Crippen LogP contribution in [0, 0.1) is 0 Å². The molecule has 5 nitrogen and oxygen atoms in total. The van der Waals surface area contributed by atoms with Crippen LogP contribution in [-0.2, 0) is 19.1 Å². The predicted molar refractivity (Wildman–Crippen MR) is 361 cm³/mol. The van der Waals surface area contributed by atoms with Crippen LogP contribution in [-0.4, -0.2) is 36.4 Å². The number of hydrogen-bond acceptors (Lipinski definition) is 5. The molecule has 1 N–H and O–H groups in total. The van der Waals surface area contributed by atoms with Gasteiger partial charge < -0.3 is 14.6 Å². The monoisotopic (exact) mass is 1130 g/mol. The minimum Gasteiger partial charge on any atom is -0.462 e. The van der Waals surface area contributed by atoms with Crippen LogP contribution >= 0.6 is 0 Å². The van der Waals surface area contributed by atoms with Crippen LogP contribution in [0.2, 0.25) is 0 Å². The second kappa shape index (κ2) is 70.8. The number of hydrogen-bond donors (Lipinski definition) is 1. The number of carbonyl (C=O) groups is 2. The normalized spacial score (nSPS) is 13.3. The molecule has 0 spiro atoms. The van der Waals surface area contributed by atoms with Crippen LogP contribution in [0.1, 0.15) is 296 Å². The summed E-state index contributed by atoms with van der Waals surface area (Å²) in [6, 6.07) is 0. The van der Waals surface area contributed by atoms with Crippen LogP contribution in [0.4, 0.5) is 0 Å². The molecule has 5 heteroatoms. The molecule has 464 valence electrons. The third kappa shape index (κ3) is 68.0. The molecule has 1 unspecified atom stereocenters. The molecular weight excluding hydrogens is 1000 g/mol. The highest BCUT2D eigenvalue weighted by Gasteiger charge is 2.16. The minimum absolute atomic E-state index is 0.0731. The molecule has 0 saturated heterocycles. The lowest BCUT2D eigenvalue weighted by atomic mass is 10.0. The number of ether oxygens (including phenoxy) is 2. The van der Waals surface area contributed by atoms with Gasteiger partial charge in [0.25, 0.3) is 0 Å². The zero-order valence-electron chi connectivity index (χ0n) is 53.2. The molecule has 0 saturated carbocycles. The summed E-state index contributed by atoms with van der Waals surface area (Å²) < 4.78 is 10.8. The molecule has 0 aliphatic heterocycles. The first kappa shape index (κ1) is 77.5.